The topological polar surface area (TPSA) is 58.6 Å². The molecule has 5 nitrogen and oxygen atoms in total. The van der Waals surface area contributed by atoms with Gasteiger partial charge in [0.25, 0.3) is 0 Å². The van der Waals surface area contributed by atoms with E-state index < -0.39 is 0 Å². The Hall–Kier alpha value is -2.01. The van der Waals surface area contributed by atoms with Crippen molar-refractivity contribution in [2.24, 2.45) is 0 Å². The molecule has 0 fully saturated rings. The van der Waals surface area contributed by atoms with Crippen LogP contribution in [0.1, 0.15) is 31.0 Å². The smallest absolute Gasteiger partial charge is 0.223 e. The van der Waals surface area contributed by atoms with E-state index in [1.807, 2.05) is 23.6 Å². The van der Waals surface area contributed by atoms with Gasteiger partial charge in [-0.15, -0.1) is 0 Å². The van der Waals surface area contributed by atoms with Crippen LogP contribution in [0.5, 0.6) is 5.75 Å². The first-order chi connectivity index (χ1) is 10.1. The van der Waals surface area contributed by atoms with Crippen LogP contribution < -0.4 is 5.43 Å². The Balaban J connectivity index is 2.46. The van der Waals surface area contributed by atoms with Gasteiger partial charge in [0.05, 0.1) is 18.5 Å². The number of aromatic hydroxyl groups is 1. The molecule has 2 heterocycles. The first kappa shape index (κ1) is 15.4. The van der Waals surface area contributed by atoms with Gasteiger partial charge in [0.1, 0.15) is 5.76 Å². The third kappa shape index (κ3) is 3.36. The monoisotopic (exact) mass is 290 g/mol. The molecule has 0 unspecified atom stereocenters. The summed E-state index contributed by atoms with van der Waals surface area (Å²) in [4.78, 5) is 14.0. The fraction of sp³-hybridized carbons (Fsp3) is 0.438. The number of hydrogen-bond acceptors (Lipinski definition) is 4. The van der Waals surface area contributed by atoms with Crippen LogP contribution in [0.25, 0.3) is 0 Å². The van der Waals surface area contributed by atoms with E-state index in [1.54, 1.807) is 6.26 Å². The lowest BCUT2D eigenvalue weighted by atomic mass is 10.2. The van der Waals surface area contributed by atoms with Gasteiger partial charge in [0, 0.05) is 18.3 Å². The molecule has 0 aliphatic heterocycles. The highest BCUT2D eigenvalue weighted by molar-refractivity contribution is 5.30. The summed E-state index contributed by atoms with van der Waals surface area (Å²) in [5.74, 6) is 0.626. The van der Waals surface area contributed by atoms with E-state index in [9.17, 15) is 9.90 Å². The molecule has 0 aliphatic rings. The van der Waals surface area contributed by atoms with Crippen LogP contribution in [-0.2, 0) is 13.1 Å². The van der Waals surface area contributed by atoms with Crippen molar-refractivity contribution in [1.82, 2.24) is 9.47 Å². The number of aromatic nitrogens is 1. The van der Waals surface area contributed by atoms with Gasteiger partial charge in [-0.1, -0.05) is 13.8 Å². The fourth-order valence-corrected chi connectivity index (χ4v) is 2.42. The Morgan fingerprint density at radius 3 is 2.62 bits per heavy atom. The lowest BCUT2D eigenvalue weighted by Crippen LogP contribution is -2.27. The van der Waals surface area contributed by atoms with Gasteiger partial charge in [0.2, 0.25) is 5.43 Å². The SMILES string of the molecule is CCN(CC)Cc1c(O)c(=O)cc(C)n1Cc1ccco1. The van der Waals surface area contributed by atoms with E-state index in [2.05, 4.69) is 18.7 Å². The Morgan fingerprint density at radius 1 is 1.33 bits per heavy atom. The van der Waals surface area contributed by atoms with E-state index >= 15 is 0 Å². The molecular weight excluding hydrogens is 268 g/mol. The molecule has 0 bridgehead atoms. The van der Waals surface area contributed by atoms with Gasteiger partial charge in [-0.2, -0.15) is 0 Å². The van der Waals surface area contributed by atoms with Crippen molar-refractivity contribution in [3.8, 4) is 5.75 Å². The predicted molar refractivity (Wildman–Crippen MR) is 81.5 cm³/mol. The zero-order valence-electron chi connectivity index (χ0n) is 12.8. The Kier molecular flexibility index (Phi) is 4.85. The first-order valence-electron chi connectivity index (χ1n) is 7.23. The van der Waals surface area contributed by atoms with Crippen LogP contribution in [-0.4, -0.2) is 27.7 Å². The summed E-state index contributed by atoms with van der Waals surface area (Å²) in [7, 11) is 0. The van der Waals surface area contributed by atoms with Crippen LogP contribution in [0.3, 0.4) is 0 Å². The average Bonchev–Trinajstić information content (AvgIpc) is 2.97. The molecule has 0 saturated carbocycles. The molecule has 0 atom stereocenters. The molecule has 0 radical (unpaired) electrons. The zero-order valence-corrected chi connectivity index (χ0v) is 12.8. The van der Waals surface area contributed by atoms with Crippen LogP contribution in [0.2, 0.25) is 0 Å². The van der Waals surface area contributed by atoms with Crippen LogP contribution in [0.15, 0.2) is 33.7 Å². The minimum absolute atomic E-state index is 0.168. The fourth-order valence-electron chi connectivity index (χ4n) is 2.42. The standard InChI is InChI=1S/C16H22N2O3/c1-4-17(5-2)11-14-16(20)15(19)9-12(3)18(14)10-13-7-6-8-21-13/h6-9,20H,4-5,10-11H2,1-3H3. The Morgan fingerprint density at radius 2 is 2.05 bits per heavy atom. The van der Waals surface area contributed by atoms with Crippen molar-refractivity contribution in [3.63, 3.8) is 0 Å². The minimum atomic E-state index is -0.328. The molecule has 2 aromatic rings. The maximum absolute atomic E-state index is 11.9. The summed E-state index contributed by atoms with van der Waals surface area (Å²) < 4.78 is 7.32. The molecule has 21 heavy (non-hydrogen) atoms. The second kappa shape index (κ2) is 6.63. The van der Waals surface area contributed by atoms with Crippen molar-refractivity contribution in [2.75, 3.05) is 13.1 Å². The maximum Gasteiger partial charge on any atom is 0.223 e. The molecular formula is C16H22N2O3. The normalized spacial score (nSPS) is 11.2. The van der Waals surface area contributed by atoms with Gasteiger partial charge >= 0.3 is 0 Å². The summed E-state index contributed by atoms with van der Waals surface area (Å²) in [6.45, 7) is 8.75. The summed E-state index contributed by atoms with van der Waals surface area (Å²) >= 11 is 0. The van der Waals surface area contributed by atoms with Crippen molar-refractivity contribution in [1.29, 1.82) is 0 Å². The third-order valence-electron chi connectivity index (χ3n) is 3.76. The number of pyridine rings is 1. The molecule has 0 aliphatic carbocycles. The van der Waals surface area contributed by atoms with Crippen molar-refractivity contribution < 1.29 is 9.52 Å². The Labute approximate surface area is 124 Å². The van der Waals surface area contributed by atoms with Gasteiger partial charge in [0.15, 0.2) is 5.75 Å². The van der Waals surface area contributed by atoms with E-state index in [4.69, 9.17) is 4.42 Å². The summed E-state index contributed by atoms with van der Waals surface area (Å²) in [6, 6.07) is 5.18. The van der Waals surface area contributed by atoms with E-state index in [-0.39, 0.29) is 11.2 Å². The minimum Gasteiger partial charge on any atom is -0.503 e. The second-order valence-corrected chi connectivity index (χ2v) is 5.07. The summed E-state index contributed by atoms with van der Waals surface area (Å²) in [6.07, 6.45) is 1.62. The van der Waals surface area contributed by atoms with Crippen LogP contribution >= 0.6 is 0 Å². The van der Waals surface area contributed by atoms with Crippen molar-refractivity contribution >= 4 is 0 Å². The molecule has 2 rings (SSSR count). The lowest BCUT2D eigenvalue weighted by Gasteiger charge is -2.23. The highest BCUT2D eigenvalue weighted by atomic mass is 16.3. The number of hydrogen-bond donors (Lipinski definition) is 1. The number of nitrogens with zero attached hydrogens (tertiary/aromatic N) is 2. The number of furan rings is 1. The van der Waals surface area contributed by atoms with E-state index in [0.717, 1.165) is 24.5 Å². The van der Waals surface area contributed by atoms with E-state index in [1.165, 1.54) is 6.07 Å². The second-order valence-electron chi connectivity index (χ2n) is 5.07. The highest BCUT2D eigenvalue weighted by Crippen LogP contribution is 2.18. The summed E-state index contributed by atoms with van der Waals surface area (Å²) in [5.41, 5.74) is 1.13. The van der Waals surface area contributed by atoms with Gasteiger partial charge in [-0.25, -0.2) is 0 Å². The van der Waals surface area contributed by atoms with Crippen LogP contribution in [0.4, 0.5) is 0 Å². The number of rotatable bonds is 6. The molecule has 2 aromatic heterocycles. The van der Waals surface area contributed by atoms with Gasteiger partial charge < -0.3 is 14.1 Å². The molecule has 114 valence electrons. The maximum atomic E-state index is 11.9. The van der Waals surface area contributed by atoms with E-state index in [0.29, 0.717) is 18.8 Å². The molecule has 0 spiro atoms. The largest absolute Gasteiger partial charge is 0.503 e. The van der Waals surface area contributed by atoms with Gasteiger partial charge in [-0.3, -0.25) is 9.69 Å². The predicted octanol–water partition coefficient (Wildman–Crippen LogP) is 2.35. The van der Waals surface area contributed by atoms with Gasteiger partial charge in [-0.05, 0) is 32.1 Å². The molecule has 5 heteroatoms. The molecule has 0 aromatic carbocycles. The quantitative estimate of drug-likeness (QED) is 0.887. The zero-order chi connectivity index (χ0) is 15.4. The van der Waals surface area contributed by atoms with Crippen LogP contribution in [0, 0.1) is 6.92 Å². The average molecular weight is 290 g/mol. The first-order valence-corrected chi connectivity index (χ1v) is 7.23. The molecule has 1 N–H and O–H groups in total. The lowest BCUT2D eigenvalue weighted by molar-refractivity contribution is 0.279. The third-order valence-corrected chi connectivity index (χ3v) is 3.76. The van der Waals surface area contributed by atoms with Crippen molar-refractivity contribution in [3.05, 3.63) is 51.8 Å². The highest BCUT2D eigenvalue weighted by Gasteiger charge is 2.16. The summed E-state index contributed by atoms with van der Waals surface area (Å²) in [5, 5.41) is 10.2. The Bertz CT molecular complexity index is 640. The number of aryl methyl sites for hydroxylation is 1. The molecule has 0 amide bonds. The van der Waals surface area contributed by atoms with Crippen molar-refractivity contribution in [2.45, 2.75) is 33.9 Å². The molecule has 0 saturated heterocycles.